The summed E-state index contributed by atoms with van der Waals surface area (Å²) in [6.07, 6.45) is 7.93. The number of hydrogen-bond acceptors (Lipinski definition) is 12. The van der Waals surface area contributed by atoms with Gasteiger partial charge in [-0.15, -0.1) is 29.0 Å². The Morgan fingerprint density at radius 1 is 0.564 bits per heavy atom. The number of nitrogens with two attached hydrogens (primary N) is 1. The summed E-state index contributed by atoms with van der Waals surface area (Å²) in [6.45, 7) is 11.4. The van der Waals surface area contributed by atoms with Crippen LogP contribution in [0.1, 0.15) is 64.2 Å². The molecule has 20 heteroatoms. The minimum Gasteiger partial charge on any atom is -0.444 e. The number of fused-ring (bicyclic) bond motifs is 3. The van der Waals surface area contributed by atoms with Crippen molar-refractivity contribution in [1.82, 2.24) is 55.6 Å². The monoisotopic (exact) mass is 1070 g/mol. The second-order valence-electron chi connectivity index (χ2n) is 19.6. The van der Waals surface area contributed by atoms with Gasteiger partial charge in [-0.05, 0) is 108 Å². The molecule has 10 rings (SSSR count). The molecule has 0 saturated carbocycles. The lowest BCUT2D eigenvalue weighted by atomic mass is 10.1. The van der Waals surface area contributed by atoms with Crippen LogP contribution in [0.3, 0.4) is 0 Å². The molecule has 5 aromatic heterocycles. The first-order valence-corrected chi connectivity index (χ1v) is 24.4. The van der Waals surface area contributed by atoms with Crippen LogP contribution < -0.4 is 32.7 Å². The lowest BCUT2D eigenvalue weighted by Crippen LogP contribution is -2.32. The van der Waals surface area contributed by atoms with Crippen LogP contribution in [0.4, 0.5) is 9.59 Å². The van der Waals surface area contributed by atoms with Crippen LogP contribution in [-0.4, -0.2) is 68.3 Å². The number of hydrogen-bond donors (Lipinski definition) is 6. The van der Waals surface area contributed by atoms with Crippen molar-refractivity contribution in [3.63, 3.8) is 0 Å². The van der Waals surface area contributed by atoms with E-state index >= 15 is 0 Å². The van der Waals surface area contributed by atoms with E-state index in [1.165, 1.54) is 18.2 Å². The number of halogens is 1. The van der Waals surface area contributed by atoms with E-state index in [1.54, 1.807) is 75.2 Å². The molecule has 5 aromatic carbocycles. The predicted molar refractivity (Wildman–Crippen MR) is 304 cm³/mol. The van der Waals surface area contributed by atoms with E-state index in [2.05, 4.69) is 52.1 Å². The van der Waals surface area contributed by atoms with Crippen molar-refractivity contribution < 1.29 is 19.1 Å². The fourth-order valence-electron chi connectivity index (χ4n) is 7.78. The predicted octanol–water partition coefficient (Wildman–Crippen LogP) is 8.99. The zero-order chi connectivity index (χ0) is 54.9. The summed E-state index contributed by atoms with van der Waals surface area (Å²) < 4.78 is 13.8. The van der Waals surface area contributed by atoms with Crippen molar-refractivity contribution in [2.75, 3.05) is 0 Å². The molecular formula is C58H57ClN12O7. The van der Waals surface area contributed by atoms with Crippen LogP contribution in [-0.2, 0) is 29.1 Å². The third-order valence-corrected chi connectivity index (χ3v) is 11.3. The van der Waals surface area contributed by atoms with E-state index < -0.39 is 23.4 Å². The number of benzene rings is 5. The van der Waals surface area contributed by atoms with Crippen molar-refractivity contribution in [2.45, 2.75) is 72.4 Å². The molecule has 5 heterocycles. The van der Waals surface area contributed by atoms with Gasteiger partial charge in [0, 0.05) is 91.2 Å². The number of ether oxygens (including phenoxy) is 2. The number of H-pyrrole nitrogens is 3. The minimum atomic E-state index is -0.584. The van der Waals surface area contributed by atoms with Gasteiger partial charge in [-0.3, -0.25) is 14.4 Å². The highest BCUT2D eigenvalue weighted by atomic mass is 35.5. The van der Waals surface area contributed by atoms with Crippen LogP contribution in [0.25, 0.3) is 66.6 Å². The van der Waals surface area contributed by atoms with Crippen molar-refractivity contribution >= 4 is 57.3 Å². The average molecular weight is 1070 g/mol. The van der Waals surface area contributed by atoms with Gasteiger partial charge in [-0.25, -0.2) is 19.0 Å². The Morgan fingerprint density at radius 3 is 1.35 bits per heavy atom. The number of aromatic amines is 3. The lowest BCUT2D eigenvalue weighted by molar-refractivity contribution is 0.0511. The Kier molecular flexibility index (Phi) is 17.5. The number of nitrogens with one attached hydrogen (secondary N) is 5. The van der Waals surface area contributed by atoms with E-state index in [9.17, 15) is 24.0 Å². The normalized spacial score (nSPS) is 11.1. The van der Waals surface area contributed by atoms with E-state index in [0.29, 0.717) is 62.1 Å². The fourth-order valence-corrected chi connectivity index (χ4v) is 7.78. The van der Waals surface area contributed by atoms with Crippen molar-refractivity contribution in [2.24, 2.45) is 5.73 Å². The summed E-state index contributed by atoms with van der Waals surface area (Å²) >= 11 is 0. The van der Waals surface area contributed by atoms with Crippen LogP contribution in [0, 0.1) is 12.3 Å². The van der Waals surface area contributed by atoms with Crippen LogP contribution >= 0.6 is 12.4 Å². The summed E-state index contributed by atoms with van der Waals surface area (Å²) in [5.74, 6) is 2.50. The molecule has 0 fully saturated rings. The first-order valence-electron chi connectivity index (χ1n) is 24.4. The topological polar surface area (TPSA) is 263 Å². The largest absolute Gasteiger partial charge is 0.444 e. The molecule has 0 unspecified atom stereocenters. The molecule has 0 bridgehead atoms. The molecule has 0 atom stereocenters. The molecule has 0 saturated heterocycles. The molecule has 0 aliphatic rings. The molecule has 19 nitrogen and oxygen atoms in total. The quantitative estimate of drug-likeness (QED) is 0.0740. The molecule has 78 heavy (non-hydrogen) atoms. The van der Waals surface area contributed by atoms with Crippen LogP contribution in [0.2, 0.25) is 0 Å². The Bertz CT molecular complexity index is 3980. The molecule has 0 spiro atoms. The molecule has 0 aliphatic heterocycles. The fraction of sp³-hybridized carbons (Fsp3) is 0.190. The summed E-state index contributed by atoms with van der Waals surface area (Å²) in [5.41, 5.74) is 13.6. The van der Waals surface area contributed by atoms with Gasteiger partial charge in [0.25, 0.3) is 0 Å². The van der Waals surface area contributed by atoms with Crippen molar-refractivity contribution in [3.05, 3.63) is 199 Å². The van der Waals surface area contributed by atoms with Gasteiger partial charge in [-0.2, -0.15) is 0 Å². The van der Waals surface area contributed by atoms with Gasteiger partial charge in [0.1, 0.15) is 22.6 Å². The number of carbonyl (C=O) groups is 2. The number of terminal acetylenes is 1. The van der Waals surface area contributed by atoms with Gasteiger partial charge < -0.3 is 40.8 Å². The zero-order valence-electron chi connectivity index (χ0n) is 43.6. The number of nitrogens with zero attached hydrogens (tertiary/aromatic N) is 6. The van der Waals surface area contributed by atoms with Gasteiger partial charge in [-0.1, -0.05) is 64.9 Å². The number of para-hydroxylation sites is 2. The number of carbonyl (C=O) groups excluding carboxylic acids is 2. The van der Waals surface area contributed by atoms with E-state index in [4.69, 9.17) is 21.6 Å². The molecular weight excluding hydrogens is 1010 g/mol. The molecule has 398 valence electrons. The third kappa shape index (κ3) is 14.6. The number of pyridine rings is 3. The maximum absolute atomic E-state index is 12.7. The molecule has 2 amide bonds. The number of aromatic nitrogens is 9. The van der Waals surface area contributed by atoms with Crippen LogP contribution in [0.5, 0.6) is 0 Å². The lowest BCUT2D eigenvalue weighted by Gasteiger charge is -2.19. The van der Waals surface area contributed by atoms with E-state index in [-0.39, 0.29) is 41.8 Å². The van der Waals surface area contributed by atoms with Gasteiger partial charge >= 0.3 is 12.2 Å². The van der Waals surface area contributed by atoms with Gasteiger partial charge in [0.05, 0.1) is 36.9 Å². The number of rotatable bonds is 9. The second-order valence-corrected chi connectivity index (χ2v) is 19.6. The maximum atomic E-state index is 12.7. The molecule has 10 aromatic rings. The molecule has 0 radical (unpaired) electrons. The highest BCUT2D eigenvalue weighted by Gasteiger charge is 2.18. The average Bonchev–Trinajstić information content (AvgIpc) is 4.17. The zero-order valence-corrected chi connectivity index (χ0v) is 44.4. The highest BCUT2D eigenvalue weighted by molar-refractivity contribution is 5.86. The standard InChI is InChI=1S/C23H23N5O3.C18H15N5O.C17H18N2O3.ClH/c1-23(2,3)31-22(30)24-13-16-12-21(29)18-11-15(9-10-19(18)25-16)20-14-28(27-26-20)17-7-5-4-6-8-17;19-10-13-9-18(24)15-8-12(6-7-16(15)20-13)17-11-23(22-21-17)14-4-2-1-3-5-14;1-5-11-6-7-14-13(8-11)15(20)9-12(19-14)10-18-16(21)22-17(2,3)4;/h4-12,14H,13H2,1-3H3,(H,24,30)(H,25,29);1-9,11H,10,19H2,(H,20,24);1,6-9H,10H2,2-4H3,(H,18,21)(H,19,20);1H. The van der Waals surface area contributed by atoms with E-state index in [1.807, 2.05) is 103 Å². The van der Waals surface area contributed by atoms with Gasteiger partial charge in [0.2, 0.25) is 0 Å². The first kappa shape index (κ1) is 56.1. The Balaban J connectivity index is 0.000000172. The minimum absolute atomic E-state index is 0. The van der Waals surface area contributed by atoms with E-state index in [0.717, 1.165) is 33.7 Å². The Labute approximate surface area is 453 Å². The molecule has 0 aliphatic carbocycles. The smallest absolute Gasteiger partial charge is 0.407 e. The number of alkyl carbamates (subject to hydrolysis) is 2. The highest BCUT2D eigenvalue weighted by Crippen LogP contribution is 2.23. The maximum Gasteiger partial charge on any atom is 0.407 e. The second kappa shape index (κ2) is 24.4. The molecule has 7 N–H and O–H groups in total. The summed E-state index contributed by atoms with van der Waals surface area (Å²) in [4.78, 5) is 69.9. The van der Waals surface area contributed by atoms with Crippen molar-refractivity contribution in [1.29, 1.82) is 0 Å². The summed E-state index contributed by atoms with van der Waals surface area (Å²) in [5, 5.41) is 23.7. The van der Waals surface area contributed by atoms with Crippen LogP contribution in [0.15, 0.2) is 160 Å². The Morgan fingerprint density at radius 2 is 0.949 bits per heavy atom. The summed E-state index contributed by atoms with van der Waals surface area (Å²) in [6, 6.07) is 40.2. The summed E-state index contributed by atoms with van der Waals surface area (Å²) in [7, 11) is 0. The van der Waals surface area contributed by atoms with Gasteiger partial charge in [0.15, 0.2) is 16.3 Å². The number of amides is 2. The SMILES string of the molecule is C#Cc1ccc2[nH]c(CNC(=O)OC(C)(C)C)cc(=O)c2c1.CC(C)(C)OC(=O)NCc1cc(=O)c2cc(-c3cn(-c4ccccc4)nn3)ccc2[nH]1.Cl.NCc1cc(=O)c2cc(-c3cn(-c4ccccc4)nn3)ccc2[nH]1. The Hall–Kier alpha value is -9.64. The van der Waals surface area contributed by atoms with Crippen molar-refractivity contribution in [3.8, 4) is 46.2 Å². The first-order chi connectivity index (χ1) is 36.8. The third-order valence-electron chi connectivity index (χ3n) is 11.3.